The molecule has 4 rings (SSSR count). The monoisotopic (exact) mass is 632 g/mol. The minimum absolute atomic E-state index is 0.136. The lowest BCUT2D eigenvalue weighted by Gasteiger charge is -2.20. The van der Waals surface area contributed by atoms with E-state index in [4.69, 9.17) is 4.74 Å². The van der Waals surface area contributed by atoms with Crippen molar-refractivity contribution < 1.29 is 9.53 Å². The highest BCUT2D eigenvalue weighted by molar-refractivity contribution is 7.30. The first-order valence-corrected chi connectivity index (χ1v) is 17.3. The number of thiazole rings is 1. The largest absolute Gasteiger partial charge is 0.466 e. The summed E-state index contributed by atoms with van der Waals surface area (Å²) in [5.74, 6) is 1.20. The summed E-state index contributed by atoms with van der Waals surface area (Å²) in [5.41, 5.74) is 3.81. The first-order chi connectivity index (χ1) is 21.3. The molecule has 4 aromatic rings. The molecule has 0 amide bonds. The summed E-state index contributed by atoms with van der Waals surface area (Å²) in [6.45, 7) is 13.5. The minimum Gasteiger partial charge on any atom is -0.466 e. The lowest BCUT2D eigenvalue weighted by Crippen LogP contribution is -2.21. The van der Waals surface area contributed by atoms with Crippen molar-refractivity contribution >= 4 is 65.4 Å². The van der Waals surface area contributed by atoms with Crippen LogP contribution in [0.15, 0.2) is 75.1 Å². The molecule has 234 valence electrons. The van der Waals surface area contributed by atoms with Gasteiger partial charge in [-0.1, -0.05) is 74.8 Å². The number of hydrogen-bond acceptors (Lipinski definition) is 10. The Morgan fingerprint density at radius 2 is 1.55 bits per heavy atom. The molecule has 10 heteroatoms. The normalized spacial score (nSPS) is 12.6. The highest BCUT2D eigenvalue weighted by atomic mass is 32.1. The second kappa shape index (κ2) is 17.1. The van der Waals surface area contributed by atoms with Gasteiger partial charge in [0.15, 0.2) is 0 Å². The molecular weight excluding hydrogens is 589 g/mol. The van der Waals surface area contributed by atoms with E-state index in [-0.39, 0.29) is 5.97 Å². The van der Waals surface area contributed by atoms with Gasteiger partial charge in [0.25, 0.3) is 0 Å². The number of esters is 1. The Balaban J connectivity index is 1.20. The molecule has 1 unspecified atom stereocenters. The predicted molar refractivity (Wildman–Crippen MR) is 184 cm³/mol. The SMILES string of the molecule is CCN(CC)c1ccc(N=Nc2nc3sc(N=Nc4ccc(CCC(=O)OCCC(C)CCCC(C)C)cc4)cc3s2)cc1. The van der Waals surface area contributed by atoms with Gasteiger partial charge in [0.1, 0.15) is 9.83 Å². The summed E-state index contributed by atoms with van der Waals surface area (Å²) in [6, 6.07) is 17.9. The number of hydrogen-bond donors (Lipinski definition) is 0. The van der Waals surface area contributed by atoms with Crippen molar-refractivity contribution in [3.8, 4) is 0 Å². The number of fused-ring (bicyclic) bond motifs is 1. The highest BCUT2D eigenvalue weighted by Crippen LogP contribution is 2.39. The first-order valence-electron chi connectivity index (χ1n) is 15.7. The molecule has 1 atom stereocenters. The van der Waals surface area contributed by atoms with Crippen molar-refractivity contribution in [3.63, 3.8) is 0 Å². The second-order valence-corrected chi connectivity index (χ2v) is 13.5. The summed E-state index contributed by atoms with van der Waals surface area (Å²) >= 11 is 2.96. The van der Waals surface area contributed by atoms with Gasteiger partial charge in [-0.25, -0.2) is 4.98 Å². The summed E-state index contributed by atoms with van der Waals surface area (Å²) in [6.07, 6.45) is 5.66. The molecule has 0 bridgehead atoms. The minimum atomic E-state index is -0.136. The number of ether oxygens (including phenoxy) is 1. The Hall–Kier alpha value is -3.50. The first kappa shape index (κ1) is 33.4. The van der Waals surface area contributed by atoms with Crippen LogP contribution in [0.3, 0.4) is 0 Å². The molecule has 0 N–H and O–H groups in total. The van der Waals surface area contributed by atoms with Crippen LogP contribution in [-0.4, -0.2) is 30.6 Å². The van der Waals surface area contributed by atoms with Gasteiger partial charge in [0.05, 0.1) is 22.7 Å². The van der Waals surface area contributed by atoms with Crippen LogP contribution in [0.5, 0.6) is 0 Å². The number of azo groups is 2. The Morgan fingerprint density at radius 1 is 0.864 bits per heavy atom. The Kier molecular flexibility index (Phi) is 13.0. The molecule has 44 heavy (non-hydrogen) atoms. The van der Waals surface area contributed by atoms with E-state index >= 15 is 0 Å². The number of aromatic nitrogens is 1. The zero-order valence-electron chi connectivity index (χ0n) is 26.5. The number of nitrogens with zero attached hydrogens (tertiary/aromatic N) is 6. The molecule has 8 nitrogen and oxygen atoms in total. The molecule has 0 spiro atoms. The molecule has 0 radical (unpaired) electrons. The van der Waals surface area contributed by atoms with Crippen LogP contribution in [0.1, 0.15) is 72.3 Å². The lowest BCUT2D eigenvalue weighted by molar-refractivity contribution is -0.143. The van der Waals surface area contributed by atoms with E-state index in [1.165, 1.54) is 47.6 Å². The van der Waals surface area contributed by atoms with Crippen molar-refractivity contribution in [1.82, 2.24) is 4.98 Å². The summed E-state index contributed by atoms with van der Waals surface area (Å²) in [5, 5.41) is 18.9. The van der Waals surface area contributed by atoms with Gasteiger partial charge in [-0.2, -0.15) is 0 Å². The third kappa shape index (κ3) is 10.6. The van der Waals surface area contributed by atoms with Crippen LogP contribution < -0.4 is 4.90 Å². The van der Waals surface area contributed by atoms with E-state index in [0.717, 1.165) is 56.9 Å². The molecule has 2 heterocycles. The van der Waals surface area contributed by atoms with E-state index in [0.29, 0.717) is 30.5 Å². The predicted octanol–water partition coefficient (Wildman–Crippen LogP) is 11.4. The van der Waals surface area contributed by atoms with Crippen LogP contribution in [0.25, 0.3) is 9.53 Å². The van der Waals surface area contributed by atoms with E-state index in [1.54, 1.807) is 0 Å². The quantitative estimate of drug-likeness (QED) is 0.0855. The van der Waals surface area contributed by atoms with Gasteiger partial charge in [-0.15, -0.1) is 20.5 Å². The van der Waals surface area contributed by atoms with Crippen LogP contribution in [-0.2, 0) is 16.0 Å². The summed E-state index contributed by atoms with van der Waals surface area (Å²) in [7, 11) is 0. The summed E-state index contributed by atoms with van der Waals surface area (Å²) < 4.78 is 6.47. The average molecular weight is 633 g/mol. The van der Waals surface area contributed by atoms with E-state index < -0.39 is 0 Å². The van der Waals surface area contributed by atoms with Crippen molar-refractivity contribution in [2.45, 2.75) is 73.1 Å². The van der Waals surface area contributed by atoms with E-state index in [2.05, 4.69) is 77.1 Å². The topological polar surface area (TPSA) is 91.9 Å². The average Bonchev–Trinajstić information content (AvgIpc) is 3.58. The Labute approximate surface area is 269 Å². The third-order valence-corrected chi connectivity index (χ3v) is 9.39. The number of aryl methyl sites for hydroxylation is 1. The fraction of sp³-hybridized carbons (Fsp3) is 0.471. The Morgan fingerprint density at radius 3 is 2.20 bits per heavy atom. The summed E-state index contributed by atoms with van der Waals surface area (Å²) in [4.78, 5) is 19.9. The number of carbonyl (C=O) groups excluding carboxylic acids is 1. The fourth-order valence-electron chi connectivity index (χ4n) is 4.77. The maximum Gasteiger partial charge on any atom is 0.306 e. The van der Waals surface area contributed by atoms with Gasteiger partial charge < -0.3 is 9.64 Å². The lowest BCUT2D eigenvalue weighted by atomic mass is 9.98. The molecular formula is C34H44N6O2S2. The van der Waals surface area contributed by atoms with Crippen molar-refractivity contribution in [1.29, 1.82) is 0 Å². The molecule has 0 saturated heterocycles. The smallest absolute Gasteiger partial charge is 0.306 e. The van der Waals surface area contributed by atoms with Gasteiger partial charge in [-0.05, 0) is 86.6 Å². The molecule has 2 aromatic carbocycles. The number of benzene rings is 2. The molecule has 0 fully saturated rings. The zero-order valence-corrected chi connectivity index (χ0v) is 28.2. The molecule has 0 aliphatic carbocycles. The number of anilines is 1. The van der Waals surface area contributed by atoms with Gasteiger partial charge in [0.2, 0.25) is 5.13 Å². The fourth-order valence-corrected chi connectivity index (χ4v) is 6.62. The second-order valence-electron chi connectivity index (χ2n) is 11.4. The van der Waals surface area contributed by atoms with Crippen molar-refractivity contribution in [2.75, 3.05) is 24.6 Å². The van der Waals surface area contributed by atoms with Gasteiger partial charge in [0, 0.05) is 25.2 Å². The zero-order chi connectivity index (χ0) is 31.3. The molecule has 0 aliphatic rings. The van der Waals surface area contributed by atoms with Gasteiger partial charge in [-0.3, -0.25) is 4.79 Å². The highest BCUT2D eigenvalue weighted by Gasteiger charge is 2.10. The van der Waals surface area contributed by atoms with Crippen molar-refractivity contribution in [2.24, 2.45) is 32.3 Å². The number of carbonyl (C=O) groups is 1. The van der Waals surface area contributed by atoms with Crippen molar-refractivity contribution in [3.05, 3.63) is 60.2 Å². The van der Waals surface area contributed by atoms with Crippen LogP contribution in [0, 0.1) is 11.8 Å². The third-order valence-electron chi connectivity index (χ3n) is 7.46. The van der Waals surface area contributed by atoms with Gasteiger partial charge >= 0.3 is 5.97 Å². The van der Waals surface area contributed by atoms with Crippen LogP contribution >= 0.6 is 22.7 Å². The van der Waals surface area contributed by atoms with E-state index in [9.17, 15) is 4.79 Å². The molecule has 2 aromatic heterocycles. The maximum atomic E-state index is 12.2. The number of rotatable bonds is 17. The standard InChI is InChI=1S/C34H44N6O2S2/c1-6-40(7-2)29-18-16-28(17-19-29)37-39-34-35-33-30(43-34)23-31(44-33)38-36-27-14-11-26(12-15-27)13-20-32(41)42-22-21-25(5)10-8-9-24(3)4/h11-12,14-19,23-25H,6-10,13,20-22H2,1-5H3. The molecule has 0 saturated carbocycles. The Bertz CT molecular complexity index is 1470. The van der Waals surface area contributed by atoms with E-state index in [1.807, 2.05) is 42.5 Å². The van der Waals surface area contributed by atoms with Crippen LogP contribution in [0.4, 0.5) is 27.2 Å². The molecule has 0 aliphatic heterocycles. The number of thiophene rings is 1. The van der Waals surface area contributed by atoms with Crippen LogP contribution in [0.2, 0.25) is 0 Å². The maximum absolute atomic E-state index is 12.2.